The van der Waals surface area contributed by atoms with Crippen molar-refractivity contribution in [2.24, 2.45) is 0 Å². The lowest BCUT2D eigenvalue weighted by molar-refractivity contribution is -0.387. The van der Waals surface area contributed by atoms with Gasteiger partial charge in [-0.3, -0.25) is 10.1 Å². The van der Waals surface area contributed by atoms with Gasteiger partial charge in [0.05, 0.1) is 4.92 Å². The molecule has 0 saturated heterocycles. The first-order valence-electron chi connectivity index (χ1n) is 5.59. The number of hydrogen-bond donors (Lipinski definition) is 1. The highest BCUT2D eigenvalue weighted by Crippen LogP contribution is 2.24. The zero-order valence-corrected chi connectivity index (χ0v) is 12.4. The first-order chi connectivity index (χ1) is 9.47. The Kier molecular flexibility index (Phi) is 4.57. The van der Waals surface area contributed by atoms with Crippen molar-refractivity contribution in [1.29, 1.82) is 0 Å². The van der Waals surface area contributed by atoms with Crippen molar-refractivity contribution in [2.45, 2.75) is 6.54 Å². The highest BCUT2D eigenvalue weighted by Gasteiger charge is 2.13. The summed E-state index contributed by atoms with van der Waals surface area (Å²) in [6, 6.07) is 9.03. The molecule has 20 heavy (non-hydrogen) atoms. The van der Waals surface area contributed by atoms with Crippen molar-refractivity contribution in [3.05, 3.63) is 67.4 Å². The van der Waals surface area contributed by atoms with E-state index in [-0.39, 0.29) is 0 Å². The Balaban J connectivity index is 2.13. The van der Waals surface area contributed by atoms with Gasteiger partial charge in [-0.05, 0) is 29.8 Å². The predicted octanol–water partition coefficient (Wildman–Crippen LogP) is 4.76. The molecule has 0 radical (unpaired) electrons. The fraction of sp³-hybridized carbons (Fsp3) is 0.0769. The van der Waals surface area contributed by atoms with E-state index in [1.54, 1.807) is 12.1 Å². The van der Waals surface area contributed by atoms with Crippen molar-refractivity contribution < 1.29 is 9.31 Å². The molecule has 1 N–H and O–H groups in total. The van der Waals surface area contributed by atoms with Gasteiger partial charge in [-0.25, -0.2) is 0 Å². The normalized spacial score (nSPS) is 10.3. The van der Waals surface area contributed by atoms with Gasteiger partial charge in [-0.1, -0.05) is 27.5 Å². The molecule has 4 nitrogen and oxygen atoms in total. The van der Waals surface area contributed by atoms with E-state index in [1.807, 2.05) is 6.07 Å². The van der Waals surface area contributed by atoms with Crippen molar-refractivity contribution >= 4 is 38.9 Å². The van der Waals surface area contributed by atoms with Gasteiger partial charge in [-0.15, -0.1) is 0 Å². The molecule has 0 unspecified atom stereocenters. The van der Waals surface area contributed by atoms with Gasteiger partial charge in [0.2, 0.25) is 5.82 Å². The topological polar surface area (TPSA) is 55.2 Å². The maximum absolute atomic E-state index is 13.5. The third kappa shape index (κ3) is 3.46. The monoisotopic (exact) mass is 358 g/mol. The van der Waals surface area contributed by atoms with Gasteiger partial charge < -0.3 is 5.32 Å². The number of benzene rings is 2. The highest BCUT2D eigenvalue weighted by atomic mass is 79.9. The van der Waals surface area contributed by atoms with Crippen LogP contribution in [-0.4, -0.2) is 4.92 Å². The van der Waals surface area contributed by atoms with E-state index in [1.165, 1.54) is 6.07 Å². The molecule has 0 amide bonds. The summed E-state index contributed by atoms with van der Waals surface area (Å²) in [5.41, 5.74) is 0.815. The highest BCUT2D eigenvalue weighted by molar-refractivity contribution is 9.10. The van der Waals surface area contributed by atoms with Gasteiger partial charge in [-0.2, -0.15) is 4.39 Å². The standard InChI is InChI=1S/C13H9BrClFN2O2/c14-11-3-1-9(15)5-8(11)7-17-10-2-4-13(18(19)20)12(16)6-10/h1-6,17H,7H2. The lowest BCUT2D eigenvalue weighted by Gasteiger charge is -2.09. The second-order valence-corrected chi connectivity index (χ2v) is 5.30. The van der Waals surface area contributed by atoms with Crippen LogP contribution in [0.1, 0.15) is 5.56 Å². The van der Waals surface area contributed by atoms with Crippen LogP contribution in [-0.2, 0) is 6.54 Å². The van der Waals surface area contributed by atoms with Crippen molar-refractivity contribution in [3.8, 4) is 0 Å². The molecule has 0 heterocycles. The second-order valence-electron chi connectivity index (χ2n) is 4.01. The minimum atomic E-state index is -0.870. The van der Waals surface area contributed by atoms with Gasteiger partial charge >= 0.3 is 5.69 Å². The molecule has 0 spiro atoms. The fourth-order valence-electron chi connectivity index (χ4n) is 1.64. The average Bonchev–Trinajstić information content (AvgIpc) is 2.39. The lowest BCUT2D eigenvalue weighted by Crippen LogP contribution is -2.01. The Morgan fingerprint density at radius 3 is 2.70 bits per heavy atom. The summed E-state index contributed by atoms with van der Waals surface area (Å²) in [5.74, 6) is -0.870. The Morgan fingerprint density at radius 1 is 1.30 bits per heavy atom. The summed E-state index contributed by atoms with van der Waals surface area (Å²) in [7, 11) is 0. The SMILES string of the molecule is O=[N+]([O-])c1ccc(NCc2cc(Cl)ccc2Br)cc1F. The average molecular weight is 360 g/mol. The molecular weight excluding hydrogens is 351 g/mol. The summed E-state index contributed by atoms with van der Waals surface area (Å²) >= 11 is 9.28. The van der Waals surface area contributed by atoms with E-state index in [9.17, 15) is 14.5 Å². The van der Waals surface area contributed by atoms with Crippen LogP contribution in [0.4, 0.5) is 15.8 Å². The molecule has 0 aromatic heterocycles. The van der Waals surface area contributed by atoms with E-state index in [4.69, 9.17) is 11.6 Å². The largest absolute Gasteiger partial charge is 0.381 e. The molecule has 7 heteroatoms. The van der Waals surface area contributed by atoms with Crippen LogP contribution in [0.2, 0.25) is 5.02 Å². The number of rotatable bonds is 4. The molecule has 2 rings (SSSR count). The van der Waals surface area contributed by atoms with E-state index >= 15 is 0 Å². The lowest BCUT2D eigenvalue weighted by atomic mass is 10.2. The molecule has 2 aromatic rings. The van der Waals surface area contributed by atoms with Crippen molar-refractivity contribution in [2.75, 3.05) is 5.32 Å². The van der Waals surface area contributed by atoms with Crippen LogP contribution in [0.3, 0.4) is 0 Å². The zero-order chi connectivity index (χ0) is 14.7. The molecular formula is C13H9BrClFN2O2. The summed E-state index contributed by atoms with van der Waals surface area (Å²) in [5, 5.41) is 14.1. The van der Waals surface area contributed by atoms with E-state index < -0.39 is 16.4 Å². The number of nitro groups is 1. The van der Waals surface area contributed by atoms with Crippen LogP contribution in [0, 0.1) is 15.9 Å². The summed E-state index contributed by atoms with van der Waals surface area (Å²) in [6.07, 6.45) is 0. The smallest absolute Gasteiger partial charge is 0.304 e. The molecule has 0 saturated carbocycles. The van der Waals surface area contributed by atoms with E-state index in [2.05, 4.69) is 21.2 Å². The molecule has 0 atom stereocenters. The number of halogens is 3. The third-order valence-corrected chi connectivity index (χ3v) is 3.64. The van der Waals surface area contributed by atoms with Gasteiger partial charge in [0, 0.05) is 33.9 Å². The minimum absolute atomic E-state index is 0.415. The maximum atomic E-state index is 13.5. The van der Waals surface area contributed by atoms with Gasteiger partial charge in [0.15, 0.2) is 0 Å². The fourth-order valence-corrected chi connectivity index (χ4v) is 2.22. The van der Waals surface area contributed by atoms with Crippen LogP contribution < -0.4 is 5.32 Å². The number of hydrogen-bond acceptors (Lipinski definition) is 3. The molecule has 0 aliphatic carbocycles. The number of nitrogens with one attached hydrogen (secondary N) is 1. The Morgan fingerprint density at radius 2 is 2.05 bits per heavy atom. The molecule has 0 aliphatic rings. The Bertz CT molecular complexity index is 667. The van der Waals surface area contributed by atoms with Gasteiger partial charge in [0.1, 0.15) is 0 Å². The number of nitrogens with zero attached hydrogens (tertiary/aromatic N) is 1. The van der Waals surface area contributed by atoms with E-state index in [0.29, 0.717) is 17.3 Å². The minimum Gasteiger partial charge on any atom is -0.381 e. The number of anilines is 1. The van der Waals surface area contributed by atoms with Crippen LogP contribution in [0.5, 0.6) is 0 Å². The van der Waals surface area contributed by atoms with Crippen molar-refractivity contribution in [3.63, 3.8) is 0 Å². The van der Waals surface area contributed by atoms with E-state index in [0.717, 1.165) is 22.2 Å². The van der Waals surface area contributed by atoms with Crippen molar-refractivity contribution in [1.82, 2.24) is 0 Å². The summed E-state index contributed by atoms with van der Waals surface area (Å²) < 4.78 is 14.3. The summed E-state index contributed by atoms with van der Waals surface area (Å²) in [6.45, 7) is 0.415. The van der Waals surface area contributed by atoms with Crippen LogP contribution in [0.15, 0.2) is 40.9 Å². The van der Waals surface area contributed by atoms with Gasteiger partial charge in [0.25, 0.3) is 0 Å². The quantitative estimate of drug-likeness (QED) is 0.632. The summed E-state index contributed by atoms with van der Waals surface area (Å²) in [4.78, 5) is 9.76. The first kappa shape index (κ1) is 14.7. The van der Waals surface area contributed by atoms with Crippen LogP contribution in [0.25, 0.3) is 0 Å². The molecule has 104 valence electrons. The second kappa shape index (κ2) is 6.19. The first-order valence-corrected chi connectivity index (χ1v) is 6.76. The predicted molar refractivity (Wildman–Crippen MR) is 79.5 cm³/mol. The molecule has 2 aromatic carbocycles. The molecule has 0 fully saturated rings. The Labute approximate surface area is 127 Å². The maximum Gasteiger partial charge on any atom is 0.304 e. The third-order valence-electron chi connectivity index (χ3n) is 2.64. The van der Waals surface area contributed by atoms with Crippen LogP contribution >= 0.6 is 27.5 Å². The molecule has 0 bridgehead atoms. The Hall–Kier alpha value is -1.66. The zero-order valence-electron chi connectivity index (χ0n) is 10.1. The number of nitro benzene ring substituents is 1. The molecule has 0 aliphatic heterocycles.